The summed E-state index contributed by atoms with van der Waals surface area (Å²) < 4.78 is 0. The van der Waals surface area contributed by atoms with Crippen LogP contribution < -0.4 is 5.32 Å². The van der Waals surface area contributed by atoms with Crippen LogP contribution in [0.1, 0.15) is 45.1 Å². The fourth-order valence-electron chi connectivity index (χ4n) is 4.33. The first kappa shape index (κ1) is 19.9. The van der Waals surface area contributed by atoms with Crippen molar-refractivity contribution in [3.8, 4) is 0 Å². The summed E-state index contributed by atoms with van der Waals surface area (Å²) in [5, 5.41) is 3.11. The van der Waals surface area contributed by atoms with Gasteiger partial charge in [0.05, 0.1) is 0 Å². The van der Waals surface area contributed by atoms with Crippen LogP contribution in [0.3, 0.4) is 0 Å². The Kier molecular flexibility index (Phi) is 6.89. The molecular formula is C22H33N3O2. The predicted molar refractivity (Wildman–Crippen MR) is 109 cm³/mol. The lowest BCUT2D eigenvalue weighted by Crippen LogP contribution is -2.50. The topological polar surface area (TPSA) is 52.7 Å². The number of carbonyl (C=O) groups excluding carboxylic acids is 2. The van der Waals surface area contributed by atoms with Gasteiger partial charge in [-0.1, -0.05) is 32.0 Å². The molecule has 1 N–H and O–H groups in total. The number of piperazine rings is 1. The summed E-state index contributed by atoms with van der Waals surface area (Å²) in [7, 11) is 0. The molecule has 2 amide bonds. The van der Waals surface area contributed by atoms with Gasteiger partial charge in [-0.2, -0.15) is 0 Å². The average molecular weight is 372 g/mol. The van der Waals surface area contributed by atoms with Crippen LogP contribution in [-0.2, 0) is 16.0 Å². The van der Waals surface area contributed by atoms with Crippen LogP contribution in [-0.4, -0.2) is 54.3 Å². The largest absolute Gasteiger partial charge is 0.340 e. The molecule has 1 aliphatic heterocycles. The van der Waals surface area contributed by atoms with Crippen molar-refractivity contribution >= 4 is 17.5 Å². The highest BCUT2D eigenvalue weighted by molar-refractivity contribution is 5.93. The minimum Gasteiger partial charge on any atom is -0.340 e. The second-order valence-corrected chi connectivity index (χ2v) is 7.81. The van der Waals surface area contributed by atoms with Crippen LogP contribution in [0.5, 0.6) is 0 Å². The summed E-state index contributed by atoms with van der Waals surface area (Å²) in [5.74, 6) is 0.542. The van der Waals surface area contributed by atoms with Gasteiger partial charge in [-0.15, -0.1) is 0 Å². The third kappa shape index (κ3) is 4.89. The van der Waals surface area contributed by atoms with E-state index in [4.69, 9.17) is 0 Å². The molecule has 3 rings (SSSR count). The van der Waals surface area contributed by atoms with Crippen LogP contribution in [0.15, 0.2) is 24.3 Å². The molecule has 1 aromatic carbocycles. The number of amides is 2. The van der Waals surface area contributed by atoms with Crippen LogP contribution in [0.25, 0.3) is 0 Å². The zero-order valence-corrected chi connectivity index (χ0v) is 16.7. The molecule has 1 saturated carbocycles. The Labute approximate surface area is 163 Å². The molecule has 1 heterocycles. The van der Waals surface area contributed by atoms with E-state index in [2.05, 4.69) is 30.1 Å². The second-order valence-electron chi connectivity index (χ2n) is 7.81. The van der Waals surface area contributed by atoms with Gasteiger partial charge in [-0.05, 0) is 50.3 Å². The summed E-state index contributed by atoms with van der Waals surface area (Å²) in [5.41, 5.74) is 2.10. The molecule has 0 spiro atoms. The number of carbonyl (C=O) groups is 2. The smallest absolute Gasteiger partial charge is 0.227 e. The fourth-order valence-corrected chi connectivity index (χ4v) is 4.33. The maximum atomic E-state index is 12.8. The van der Waals surface area contributed by atoms with Crippen molar-refractivity contribution in [2.75, 3.05) is 38.0 Å². The normalized spacial score (nSPS) is 23.9. The van der Waals surface area contributed by atoms with E-state index in [0.29, 0.717) is 5.91 Å². The number of rotatable bonds is 5. The molecule has 148 valence electrons. The zero-order valence-electron chi connectivity index (χ0n) is 16.7. The number of aryl methyl sites for hydroxylation is 1. The standard InChI is InChI=1S/C22H33N3O2/c1-3-17-7-5-6-8-20(17)23-21(26)18-9-11-19(12-10-18)22(27)25-15-13-24(4-2)14-16-25/h5-8,18-19H,3-4,9-16H2,1-2H3,(H,23,26). The van der Waals surface area contributed by atoms with Gasteiger partial charge >= 0.3 is 0 Å². The van der Waals surface area contributed by atoms with E-state index in [1.807, 2.05) is 23.1 Å². The maximum absolute atomic E-state index is 12.8. The molecule has 1 saturated heterocycles. The van der Waals surface area contributed by atoms with Crippen LogP contribution in [0, 0.1) is 11.8 Å². The quantitative estimate of drug-likeness (QED) is 0.865. The molecule has 2 aliphatic rings. The summed E-state index contributed by atoms with van der Waals surface area (Å²) >= 11 is 0. The Morgan fingerprint density at radius 1 is 0.963 bits per heavy atom. The lowest BCUT2D eigenvalue weighted by Gasteiger charge is -2.37. The number of anilines is 1. The van der Waals surface area contributed by atoms with Crippen molar-refractivity contribution < 1.29 is 9.59 Å². The van der Waals surface area contributed by atoms with Crippen molar-refractivity contribution in [1.82, 2.24) is 9.80 Å². The van der Waals surface area contributed by atoms with E-state index in [-0.39, 0.29) is 17.7 Å². The molecule has 0 unspecified atom stereocenters. The summed E-state index contributed by atoms with van der Waals surface area (Å²) in [6, 6.07) is 8.00. The van der Waals surface area contributed by atoms with Gasteiger partial charge < -0.3 is 15.1 Å². The lowest BCUT2D eigenvalue weighted by molar-refractivity contribution is -0.139. The van der Waals surface area contributed by atoms with Crippen LogP contribution >= 0.6 is 0 Å². The number of hydrogen-bond acceptors (Lipinski definition) is 3. The van der Waals surface area contributed by atoms with Gasteiger partial charge in [0.15, 0.2) is 0 Å². The average Bonchev–Trinajstić information content (AvgIpc) is 2.73. The van der Waals surface area contributed by atoms with Crippen molar-refractivity contribution in [2.24, 2.45) is 11.8 Å². The zero-order chi connectivity index (χ0) is 19.2. The molecule has 0 aromatic heterocycles. The molecule has 5 heteroatoms. The van der Waals surface area contributed by atoms with Crippen molar-refractivity contribution in [2.45, 2.75) is 46.0 Å². The highest BCUT2D eigenvalue weighted by atomic mass is 16.2. The molecule has 0 radical (unpaired) electrons. The van der Waals surface area contributed by atoms with Crippen LogP contribution in [0.4, 0.5) is 5.69 Å². The molecule has 0 bridgehead atoms. The minimum atomic E-state index is 0.0240. The third-order valence-corrected chi connectivity index (χ3v) is 6.23. The minimum absolute atomic E-state index is 0.0240. The Morgan fingerprint density at radius 3 is 2.22 bits per heavy atom. The number of nitrogens with one attached hydrogen (secondary N) is 1. The Morgan fingerprint density at radius 2 is 1.59 bits per heavy atom. The van der Waals surface area contributed by atoms with E-state index in [0.717, 1.165) is 70.5 Å². The Balaban J connectivity index is 1.48. The number of hydrogen-bond donors (Lipinski definition) is 1. The molecular weight excluding hydrogens is 338 g/mol. The first-order valence-corrected chi connectivity index (χ1v) is 10.5. The molecule has 0 atom stereocenters. The molecule has 1 aromatic rings. The molecule has 1 aliphatic carbocycles. The van der Waals surface area contributed by atoms with E-state index < -0.39 is 0 Å². The van der Waals surface area contributed by atoms with Gasteiger partial charge in [0.25, 0.3) is 0 Å². The lowest BCUT2D eigenvalue weighted by atomic mass is 9.80. The van der Waals surface area contributed by atoms with E-state index in [1.165, 1.54) is 5.56 Å². The monoisotopic (exact) mass is 371 g/mol. The molecule has 5 nitrogen and oxygen atoms in total. The number of para-hydroxylation sites is 1. The third-order valence-electron chi connectivity index (χ3n) is 6.23. The number of nitrogens with zero attached hydrogens (tertiary/aromatic N) is 2. The first-order valence-electron chi connectivity index (χ1n) is 10.5. The summed E-state index contributed by atoms with van der Waals surface area (Å²) in [6.45, 7) is 8.99. The fraction of sp³-hybridized carbons (Fsp3) is 0.636. The number of benzene rings is 1. The molecule has 2 fully saturated rings. The van der Waals surface area contributed by atoms with Gasteiger partial charge in [-0.25, -0.2) is 0 Å². The van der Waals surface area contributed by atoms with E-state index >= 15 is 0 Å². The van der Waals surface area contributed by atoms with Gasteiger partial charge in [0.1, 0.15) is 0 Å². The van der Waals surface area contributed by atoms with Crippen molar-refractivity contribution in [3.05, 3.63) is 29.8 Å². The van der Waals surface area contributed by atoms with Gasteiger partial charge in [0, 0.05) is 43.7 Å². The maximum Gasteiger partial charge on any atom is 0.227 e. The van der Waals surface area contributed by atoms with Gasteiger partial charge in [-0.3, -0.25) is 9.59 Å². The SMILES string of the molecule is CCc1ccccc1NC(=O)C1CCC(C(=O)N2CCN(CC)CC2)CC1. The van der Waals surface area contributed by atoms with E-state index in [1.54, 1.807) is 0 Å². The first-order chi connectivity index (χ1) is 13.1. The summed E-state index contributed by atoms with van der Waals surface area (Å²) in [6.07, 6.45) is 4.20. The number of likely N-dealkylation sites (N-methyl/N-ethyl adjacent to an activating group) is 1. The van der Waals surface area contributed by atoms with Crippen molar-refractivity contribution in [3.63, 3.8) is 0 Å². The Hall–Kier alpha value is -1.88. The summed E-state index contributed by atoms with van der Waals surface area (Å²) in [4.78, 5) is 29.9. The second kappa shape index (κ2) is 9.36. The van der Waals surface area contributed by atoms with Crippen LogP contribution in [0.2, 0.25) is 0 Å². The van der Waals surface area contributed by atoms with Crippen molar-refractivity contribution in [1.29, 1.82) is 0 Å². The van der Waals surface area contributed by atoms with Gasteiger partial charge in [0.2, 0.25) is 11.8 Å². The predicted octanol–water partition coefficient (Wildman–Crippen LogP) is 3.16. The molecule has 27 heavy (non-hydrogen) atoms. The highest BCUT2D eigenvalue weighted by Crippen LogP contribution is 2.31. The van der Waals surface area contributed by atoms with E-state index in [9.17, 15) is 9.59 Å². The Bertz CT molecular complexity index is 645. The highest BCUT2D eigenvalue weighted by Gasteiger charge is 2.33.